The van der Waals surface area contributed by atoms with Crippen LogP contribution in [0, 0.1) is 5.92 Å². The van der Waals surface area contributed by atoms with Crippen molar-refractivity contribution in [3.05, 3.63) is 51.4 Å². The van der Waals surface area contributed by atoms with Gasteiger partial charge in [-0.15, -0.1) is 0 Å². The lowest BCUT2D eigenvalue weighted by Crippen LogP contribution is -2.27. The monoisotopic (exact) mass is 291 g/mol. The van der Waals surface area contributed by atoms with Crippen LogP contribution >= 0.6 is 11.6 Å². The Morgan fingerprint density at radius 2 is 2.30 bits per heavy atom. The maximum absolute atomic E-state index is 11.3. The number of para-hydroxylation sites is 1. The highest BCUT2D eigenvalue weighted by Crippen LogP contribution is 2.27. The summed E-state index contributed by atoms with van der Waals surface area (Å²) in [5, 5.41) is 9.31. The van der Waals surface area contributed by atoms with E-state index in [1.807, 2.05) is 18.2 Å². The van der Waals surface area contributed by atoms with Crippen LogP contribution in [-0.4, -0.2) is 23.3 Å². The van der Waals surface area contributed by atoms with Crippen LogP contribution in [0.25, 0.3) is 0 Å². The molecule has 0 radical (unpaired) electrons. The molecule has 1 aliphatic rings. The largest absolute Gasteiger partial charge is 0.493 e. The third-order valence-corrected chi connectivity index (χ3v) is 3.71. The Kier molecular flexibility index (Phi) is 3.60. The number of rotatable bonds is 3. The highest BCUT2D eigenvalue weighted by Gasteiger charge is 2.19. The van der Waals surface area contributed by atoms with Crippen LogP contribution in [0.1, 0.15) is 5.56 Å². The molecule has 1 aromatic carbocycles. The fraction of sp³-hybridized carbons (Fsp3) is 0.286. The van der Waals surface area contributed by atoms with Crippen molar-refractivity contribution in [3.8, 4) is 5.75 Å². The molecule has 0 bridgehead atoms. The Morgan fingerprint density at radius 3 is 3.20 bits per heavy atom. The van der Waals surface area contributed by atoms with Crippen molar-refractivity contribution in [3.63, 3.8) is 0 Å². The lowest BCUT2D eigenvalue weighted by Gasteiger charge is -2.25. The van der Waals surface area contributed by atoms with E-state index >= 15 is 0 Å². The molecule has 0 saturated heterocycles. The third kappa shape index (κ3) is 2.63. The first kappa shape index (κ1) is 13.0. The molecule has 3 rings (SSSR count). The van der Waals surface area contributed by atoms with Gasteiger partial charge >= 0.3 is 0 Å². The Balaban J connectivity index is 1.66. The zero-order chi connectivity index (χ0) is 13.9. The molecule has 0 spiro atoms. The van der Waals surface area contributed by atoms with Crippen LogP contribution in [0.4, 0.5) is 5.69 Å². The number of hydrogen-bond acceptors (Lipinski definition) is 4. The van der Waals surface area contributed by atoms with E-state index in [-0.39, 0.29) is 10.6 Å². The van der Waals surface area contributed by atoms with Gasteiger partial charge < -0.3 is 10.1 Å². The first-order chi connectivity index (χ1) is 9.74. The van der Waals surface area contributed by atoms with E-state index in [1.165, 1.54) is 11.8 Å². The number of hydrogen-bond donors (Lipinski definition) is 2. The van der Waals surface area contributed by atoms with Gasteiger partial charge in [0, 0.05) is 12.5 Å². The molecule has 2 N–H and O–H groups in total. The van der Waals surface area contributed by atoms with E-state index in [0.29, 0.717) is 24.8 Å². The lowest BCUT2D eigenvalue weighted by atomic mass is 9.97. The second kappa shape index (κ2) is 5.54. The van der Waals surface area contributed by atoms with Crippen LogP contribution in [-0.2, 0) is 6.42 Å². The van der Waals surface area contributed by atoms with Gasteiger partial charge in [-0.1, -0.05) is 29.8 Å². The minimum Gasteiger partial charge on any atom is -0.493 e. The summed E-state index contributed by atoms with van der Waals surface area (Å²) < 4.78 is 5.72. The second-order valence-corrected chi connectivity index (χ2v) is 5.17. The summed E-state index contributed by atoms with van der Waals surface area (Å²) in [5.41, 5.74) is 1.37. The molecule has 1 atom stereocenters. The molecule has 1 unspecified atom stereocenters. The molecule has 1 aliphatic heterocycles. The highest BCUT2D eigenvalue weighted by atomic mass is 35.5. The van der Waals surface area contributed by atoms with Crippen molar-refractivity contribution >= 4 is 17.3 Å². The summed E-state index contributed by atoms with van der Waals surface area (Å²) in [6.07, 6.45) is 2.46. The van der Waals surface area contributed by atoms with Gasteiger partial charge in [-0.3, -0.25) is 4.79 Å². The van der Waals surface area contributed by atoms with Gasteiger partial charge in [-0.2, -0.15) is 5.10 Å². The summed E-state index contributed by atoms with van der Waals surface area (Å²) in [6.45, 7) is 1.33. The number of anilines is 1. The minimum absolute atomic E-state index is 0.136. The summed E-state index contributed by atoms with van der Waals surface area (Å²) in [5.74, 6) is 1.29. The Hall–Kier alpha value is -2.01. The fourth-order valence-corrected chi connectivity index (χ4v) is 2.44. The van der Waals surface area contributed by atoms with Crippen molar-refractivity contribution in [1.29, 1.82) is 0 Å². The molecular formula is C14H14ClN3O2. The summed E-state index contributed by atoms with van der Waals surface area (Å²) >= 11 is 5.91. The fourth-order valence-electron chi connectivity index (χ4n) is 2.28. The van der Waals surface area contributed by atoms with Gasteiger partial charge in [-0.05, 0) is 18.1 Å². The number of aromatic nitrogens is 2. The summed E-state index contributed by atoms with van der Waals surface area (Å²) in [4.78, 5) is 11.3. The average molecular weight is 292 g/mol. The van der Waals surface area contributed by atoms with Gasteiger partial charge in [-0.25, -0.2) is 5.10 Å². The number of fused-ring (bicyclic) bond motifs is 1. The van der Waals surface area contributed by atoms with Crippen molar-refractivity contribution in [2.24, 2.45) is 5.92 Å². The molecule has 2 aromatic rings. The molecule has 2 heterocycles. The van der Waals surface area contributed by atoms with Crippen LogP contribution in [0.3, 0.4) is 0 Å². The smallest absolute Gasteiger partial charge is 0.285 e. The molecule has 0 saturated carbocycles. The van der Waals surface area contributed by atoms with Crippen molar-refractivity contribution in [1.82, 2.24) is 10.2 Å². The maximum atomic E-state index is 11.3. The number of halogens is 1. The lowest BCUT2D eigenvalue weighted by molar-refractivity contribution is 0.229. The number of nitrogens with one attached hydrogen (secondary N) is 2. The summed E-state index contributed by atoms with van der Waals surface area (Å²) in [6, 6.07) is 8.04. The van der Waals surface area contributed by atoms with Gasteiger partial charge in [0.2, 0.25) is 0 Å². The molecule has 6 heteroatoms. The standard InChI is InChI=1S/C14H14ClN3O2/c15-13-11(7-17-18-14(13)19)16-6-9-5-10-3-1-2-4-12(10)20-8-9/h1-4,7,9H,5-6,8H2,(H2,16,18,19). The molecule has 20 heavy (non-hydrogen) atoms. The van der Waals surface area contributed by atoms with Crippen LogP contribution < -0.4 is 15.6 Å². The Bertz CT molecular complexity index is 671. The van der Waals surface area contributed by atoms with E-state index in [1.54, 1.807) is 0 Å². The first-order valence-electron chi connectivity index (χ1n) is 6.42. The maximum Gasteiger partial charge on any atom is 0.285 e. The van der Waals surface area contributed by atoms with Gasteiger partial charge in [0.1, 0.15) is 10.8 Å². The zero-order valence-corrected chi connectivity index (χ0v) is 11.5. The second-order valence-electron chi connectivity index (χ2n) is 4.80. The van der Waals surface area contributed by atoms with Crippen molar-refractivity contribution in [2.75, 3.05) is 18.5 Å². The summed E-state index contributed by atoms with van der Waals surface area (Å²) in [7, 11) is 0. The Labute approximate surface area is 120 Å². The van der Waals surface area contributed by atoms with E-state index in [9.17, 15) is 4.79 Å². The molecular weight excluding hydrogens is 278 g/mol. The minimum atomic E-state index is -0.387. The number of H-pyrrole nitrogens is 1. The van der Waals surface area contributed by atoms with Crippen LogP contribution in [0.5, 0.6) is 5.75 Å². The Morgan fingerprint density at radius 1 is 1.45 bits per heavy atom. The number of aromatic amines is 1. The number of benzene rings is 1. The molecule has 0 fully saturated rings. The predicted molar refractivity (Wildman–Crippen MR) is 77.5 cm³/mol. The van der Waals surface area contributed by atoms with Crippen LogP contribution in [0.2, 0.25) is 5.02 Å². The highest BCUT2D eigenvalue weighted by molar-refractivity contribution is 6.32. The molecule has 104 valence electrons. The normalized spacial score (nSPS) is 17.1. The van der Waals surface area contributed by atoms with E-state index in [0.717, 1.165) is 12.2 Å². The van der Waals surface area contributed by atoms with Gasteiger partial charge in [0.25, 0.3) is 5.56 Å². The van der Waals surface area contributed by atoms with E-state index in [2.05, 4.69) is 21.6 Å². The number of nitrogens with zero attached hydrogens (tertiary/aromatic N) is 1. The van der Waals surface area contributed by atoms with Gasteiger partial charge in [0.15, 0.2) is 0 Å². The third-order valence-electron chi connectivity index (χ3n) is 3.33. The average Bonchev–Trinajstić information content (AvgIpc) is 2.48. The van der Waals surface area contributed by atoms with Crippen LogP contribution in [0.15, 0.2) is 35.3 Å². The van der Waals surface area contributed by atoms with Crippen molar-refractivity contribution in [2.45, 2.75) is 6.42 Å². The van der Waals surface area contributed by atoms with Gasteiger partial charge in [0.05, 0.1) is 18.5 Å². The topological polar surface area (TPSA) is 67.0 Å². The first-order valence-corrected chi connectivity index (χ1v) is 6.79. The van der Waals surface area contributed by atoms with E-state index < -0.39 is 0 Å². The predicted octanol–water partition coefficient (Wildman–Crippen LogP) is 2.09. The number of ether oxygens (including phenoxy) is 1. The van der Waals surface area contributed by atoms with E-state index in [4.69, 9.17) is 16.3 Å². The van der Waals surface area contributed by atoms with Crippen molar-refractivity contribution < 1.29 is 4.74 Å². The molecule has 5 nitrogen and oxygen atoms in total. The molecule has 0 amide bonds. The zero-order valence-electron chi connectivity index (χ0n) is 10.7. The quantitative estimate of drug-likeness (QED) is 0.909. The SMILES string of the molecule is O=c1[nH]ncc(NCC2COc3ccccc3C2)c1Cl. The molecule has 1 aromatic heterocycles. The molecule has 0 aliphatic carbocycles.